The molecule has 2 nitrogen and oxygen atoms in total. The molecule has 0 aromatic carbocycles. The van der Waals surface area contributed by atoms with Gasteiger partial charge in [0.15, 0.2) is 0 Å². The Morgan fingerprint density at radius 1 is 1.29 bits per heavy atom. The van der Waals surface area contributed by atoms with Gasteiger partial charge in [-0.1, -0.05) is 33.3 Å². The third-order valence-corrected chi connectivity index (χ3v) is 6.62. The minimum absolute atomic E-state index is 0.285. The summed E-state index contributed by atoms with van der Waals surface area (Å²) in [5.74, 6) is 0. The zero-order valence-corrected chi connectivity index (χ0v) is 14.6. The van der Waals surface area contributed by atoms with Crippen LogP contribution in [0.3, 0.4) is 0 Å². The van der Waals surface area contributed by atoms with Gasteiger partial charge in [0.2, 0.25) is 0 Å². The molecule has 2 aliphatic rings. The van der Waals surface area contributed by atoms with E-state index in [1.807, 2.05) is 11.3 Å². The van der Waals surface area contributed by atoms with Crippen molar-refractivity contribution in [1.29, 1.82) is 0 Å². The van der Waals surface area contributed by atoms with E-state index in [9.17, 15) is 0 Å². The van der Waals surface area contributed by atoms with E-state index in [2.05, 4.69) is 48.5 Å². The second-order valence-electron chi connectivity index (χ2n) is 7.50. The number of nitrogens with one attached hydrogen (secondary N) is 1. The highest BCUT2D eigenvalue weighted by atomic mass is 32.1. The Labute approximate surface area is 133 Å². The molecule has 3 heterocycles. The van der Waals surface area contributed by atoms with E-state index in [0.29, 0.717) is 0 Å². The summed E-state index contributed by atoms with van der Waals surface area (Å²) in [7, 11) is 0. The SMILES string of the molecule is CCNC1CC2CCCC(C1)N2CC(C)(C)c1cccs1. The second kappa shape index (κ2) is 6.39. The maximum Gasteiger partial charge on any atom is 0.0118 e. The molecule has 0 aliphatic carbocycles. The summed E-state index contributed by atoms with van der Waals surface area (Å²) in [5, 5.41) is 5.92. The summed E-state index contributed by atoms with van der Waals surface area (Å²) < 4.78 is 0. The summed E-state index contributed by atoms with van der Waals surface area (Å²) in [6, 6.07) is 6.87. The van der Waals surface area contributed by atoms with Crippen LogP contribution in [0.1, 0.15) is 57.8 Å². The first-order chi connectivity index (χ1) is 10.1. The van der Waals surface area contributed by atoms with Gasteiger partial charge in [-0.2, -0.15) is 0 Å². The fourth-order valence-corrected chi connectivity index (χ4v) is 5.23. The van der Waals surface area contributed by atoms with Gasteiger partial charge in [-0.3, -0.25) is 4.90 Å². The molecule has 0 radical (unpaired) electrons. The molecule has 3 rings (SSSR count). The Bertz CT molecular complexity index is 426. The number of rotatable bonds is 5. The van der Waals surface area contributed by atoms with Crippen molar-refractivity contribution in [2.45, 2.75) is 76.4 Å². The highest BCUT2D eigenvalue weighted by Gasteiger charge is 2.40. The number of hydrogen-bond donors (Lipinski definition) is 1. The number of piperidine rings is 2. The molecule has 2 bridgehead atoms. The van der Waals surface area contributed by atoms with E-state index >= 15 is 0 Å². The van der Waals surface area contributed by atoms with E-state index in [1.54, 1.807) is 0 Å². The first-order valence-electron chi connectivity index (χ1n) is 8.63. The maximum atomic E-state index is 3.70. The average Bonchev–Trinajstić information content (AvgIpc) is 2.94. The van der Waals surface area contributed by atoms with Gasteiger partial charge in [-0.15, -0.1) is 11.3 Å². The predicted molar refractivity (Wildman–Crippen MR) is 92.2 cm³/mol. The number of nitrogens with zero attached hydrogens (tertiary/aromatic N) is 1. The van der Waals surface area contributed by atoms with Crippen LogP contribution in [0.5, 0.6) is 0 Å². The number of fused-ring (bicyclic) bond motifs is 2. The minimum atomic E-state index is 0.285. The lowest BCUT2D eigenvalue weighted by molar-refractivity contribution is 0.0110. The predicted octanol–water partition coefficient (Wildman–Crippen LogP) is 4.02. The minimum Gasteiger partial charge on any atom is -0.314 e. The van der Waals surface area contributed by atoms with Gasteiger partial charge < -0.3 is 5.32 Å². The zero-order valence-electron chi connectivity index (χ0n) is 13.8. The molecular formula is C18H30N2S. The number of hydrogen-bond acceptors (Lipinski definition) is 3. The van der Waals surface area contributed by atoms with Gasteiger partial charge >= 0.3 is 0 Å². The van der Waals surface area contributed by atoms with Crippen molar-refractivity contribution < 1.29 is 0 Å². The molecule has 1 aromatic heterocycles. The van der Waals surface area contributed by atoms with Gasteiger partial charge in [-0.05, 0) is 43.7 Å². The van der Waals surface area contributed by atoms with E-state index in [4.69, 9.17) is 0 Å². The molecule has 118 valence electrons. The van der Waals surface area contributed by atoms with Crippen molar-refractivity contribution in [3.8, 4) is 0 Å². The fourth-order valence-electron chi connectivity index (χ4n) is 4.39. The van der Waals surface area contributed by atoms with Crippen molar-refractivity contribution in [3.05, 3.63) is 22.4 Å². The van der Waals surface area contributed by atoms with Crippen LogP contribution in [0.4, 0.5) is 0 Å². The highest BCUT2D eigenvalue weighted by molar-refractivity contribution is 7.10. The van der Waals surface area contributed by atoms with Crippen molar-refractivity contribution in [2.24, 2.45) is 0 Å². The average molecular weight is 307 g/mol. The van der Waals surface area contributed by atoms with Crippen molar-refractivity contribution >= 4 is 11.3 Å². The molecule has 1 aromatic rings. The van der Waals surface area contributed by atoms with E-state index in [-0.39, 0.29) is 5.41 Å². The molecule has 3 heteroatoms. The lowest BCUT2D eigenvalue weighted by atomic mass is 9.79. The fraction of sp³-hybridized carbons (Fsp3) is 0.778. The lowest BCUT2D eigenvalue weighted by Gasteiger charge is -2.51. The van der Waals surface area contributed by atoms with Crippen LogP contribution in [0.2, 0.25) is 0 Å². The van der Waals surface area contributed by atoms with Crippen LogP contribution in [0, 0.1) is 0 Å². The van der Waals surface area contributed by atoms with Crippen LogP contribution in [0.25, 0.3) is 0 Å². The molecule has 1 N–H and O–H groups in total. The van der Waals surface area contributed by atoms with Gasteiger partial charge in [0, 0.05) is 35.0 Å². The van der Waals surface area contributed by atoms with Crippen molar-refractivity contribution in [1.82, 2.24) is 10.2 Å². The van der Waals surface area contributed by atoms with Crippen LogP contribution in [-0.4, -0.2) is 36.1 Å². The molecule has 2 aliphatic heterocycles. The lowest BCUT2D eigenvalue weighted by Crippen LogP contribution is -2.58. The zero-order chi connectivity index (χ0) is 14.9. The molecule has 2 fully saturated rings. The summed E-state index contributed by atoms with van der Waals surface area (Å²) in [4.78, 5) is 4.39. The van der Waals surface area contributed by atoms with Gasteiger partial charge in [0.1, 0.15) is 0 Å². The van der Waals surface area contributed by atoms with Gasteiger partial charge in [0.05, 0.1) is 0 Å². The van der Waals surface area contributed by atoms with Crippen LogP contribution in [-0.2, 0) is 5.41 Å². The summed E-state index contributed by atoms with van der Waals surface area (Å²) in [6.07, 6.45) is 6.94. The van der Waals surface area contributed by atoms with Crippen LogP contribution in [0.15, 0.2) is 17.5 Å². The number of thiophene rings is 1. The summed E-state index contributed by atoms with van der Waals surface area (Å²) in [6.45, 7) is 9.42. The third kappa shape index (κ3) is 3.35. The van der Waals surface area contributed by atoms with E-state index in [0.717, 1.165) is 24.7 Å². The standard InChI is InChI=1S/C18H30N2S/c1-4-19-14-11-15-7-5-8-16(12-14)20(15)13-18(2,3)17-9-6-10-21-17/h6,9-10,14-16,19H,4-5,7-8,11-13H2,1-3H3. The molecular weight excluding hydrogens is 276 g/mol. The van der Waals surface area contributed by atoms with E-state index < -0.39 is 0 Å². The van der Waals surface area contributed by atoms with Gasteiger partial charge in [0.25, 0.3) is 0 Å². The quantitative estimate of drug-likeness (QED) is 0.884. The molecule has 21 heavy (non-hydrogen) atoms. The van der Waals surface area contributed by atoms with Crippen molar-refractivity contribution in [3.63, 3.8) is 0 Å². The Kier molecular flexibility index (Phi) is 4.72. The largest absolute Gasteiger partial charge is 0.314 e. The first-order valence-corrected chi connectivity index (χ1v) is 9.51. The monoisotopic (exact) mass is 306 g/mol. The molecule has 2 saturated heterocycles. The molecule has 2 unspecified atom stereocenters. The van der Waals surface area contributed by atoms with Gasteiger partial charge in [-0.25, -0.2) is 0 Å². The molecule has 0 amide bonds. The summed E-state index contributed by atoms with van der Waals surface area (Å²) >= 11 is 1.92. The normalized spacial score (nSPS) is 30.5. The highest BCUT2D eigenvalue weighted by Crippen LogP contribution is 2.38. The van der Waals surface area contributed by atoms with Crippen LogP contribution >= 0.6 is 11.3 Å². The second-order valence-corrected chi connectivity index (χ2v) is 8.45. The third-order valence-electron chi connectivity index (χ3n) is 5.38. The maximum absolute atomic E-state index is 3.70. The Morgan fingerprint density at radius 2 is 2.00 bits per heavy atom. The molecule has 2 atom stereocenters. The Morgan fingerprint density at radius 3 is 2.57 bits per heavy atom. The van der Waals surface area contributed by atoms with Crippen LogP contribution < -0.4 is 5.32 Å². The van der Waals surface area contributed by atoms with Crippen molar-refractivity contribution in [2.75, 3.05) is 13.1 Å². The topological polar surface area (TPSA) is 15.3 Å². The Balaban J connectivity index is 1.71. The summed E-state index contributed by atoms with van der Waals surface area (Å²) in [5.41, 5.74) is 0.285. The Hall–Kier alpha value is -0.380. The smallest absolute Gasteiger partial charge is 0.0118 e. The first kappa shape index (κ1) is 15.5. The molecule has 0 spiro atoms. The molecule has 0 saturated carbocycles. The van der Waals surface area contributed by atoms with E-state index in [1.165, 1.54) is 43.5 Å².